The topological polar surface area (TPSA) is 64.0 Å². The third kappa shape index (κ3) is 3.61. The Morgan fingerprint density at radius 3 is 2.69 bits per heavy atom. The van der Waals surface area contributed by atoms with Gasteiger partial charge in [-0.2, -0.15) is 5.10 Å². The van der Waals surface area contributed by atoms with Gasteiger partial charge in [-0.15, -0.1) is 0 Å². The van der Waals surface area contributed by atoms with E-state index in [4.69, 9.17) is 0 Å². The molecule has 0 saturated heterocycles. The van der Waals surface area contributed by atoms with Crippen LogP contribution in [0.2, 0.25) is 0 Å². The lowest BCUT2D eigenvalue weighted by Crippen LogP contribution is -2.30. The molecule has 92 valence electrons. The minimum absolute atomic E-state index is 0.277. The minimum atomic E-state index is -3.14. The normalized spacial score (nSPS) is 13.9. The molecule has 1 atom stereocenters. The van der Waals surface area contributed by atoms with Gasteiger partial charge >= 0.3 is 0 Å². The molecule has 1 aromatic heterocycles. The first kappa shape index (κ1) is 13.2. The molecular formula is C10H19N3O2S. The largest absolute Gasteiger partial charge is 0.315 e. The predicted octanol–water partition coefficient (Wildman–Crippen LogP) is 0.675. The molecule has 16 heavy (non-hydrogen) atoms. The molecule has 0 aromatic carbocycles. The van der Waals surface area contributed by atoms with E-state index in [1.807, 2.05) is 7.05 Å². The summed E-state index contributed by atoms with van der Waals surface area (Å²) < 4.78 is 24.2. The van der Waals surface area contributed by atoms with Crippen molar-refractivity contribution in [3.63, 3.8) is 0 Å². The Morgan fingerprint density at radius 2 is 2.25 bits per heavy atom. The summed E-state index contributed by atoms with van der Waals surface area (Å²) in [6.07, 6.45) is 6.30. The van der Waals surface area contributed by atoms with Gasteiger partial charge in [-0.1, -0.05) is 13.3 Å². The van der Waals surface area contributed by atoms with Crippen LogP contribution in [0, 0.1) is 0 Å². The van der Waals surface area contributed by atoms with Crippen LogP contribution in [0.25, 0.3) is 0 Å². The highest BCUT2D eigenvalue weighted by molar-refractivity contribution is 7.90. The highest BCUT2D eigenvalue weighted by Gasteiger charge is 2.12. The molecular weight excluding hydrogens is 226 g/mol. The first-order valence-corrected chi connectivity index (χ1v) is 7.26. The summed E-state index contributed by atoms with van der Waals surface area (Å²) in [5, 5.41) is 7.24. The second kappa shape index (κ2) is 5.45. The average molecular weight is 245 g/mol. The molecule has 1 heterocycles. The Morgan fingerprint density at radius 1 is 1.56 bits per heavy atom. The van der Waals surface area contributed by atoms with Gasteiger partial charge in [-0.05, 0) is 13.5 Å². The van der Waals surface area contributed by atoms with E-state index in [9.17, 15) is 8.42 Å². The van der Waals surface area contributed by atoms with Gasteiger partial charge in [0.1, 0.15) is 4.90 Å². The number of sulfone groups is 1. The van der Waals surface area contributed by atoms with Crippen LogP contribution in [0.4, 0.5) is 0 Å². The molecule has 0 aliphatic rings. The number of aromatic nitrogens is 2. The van der Waals surface area contributed by atoms with Crippen molar-refractivity contribution in [3.05, 3.63) is 12.4 Å². The zero-order valence-corrected chi connectivity index (χ0v) is 10.8. The van der Waals surface area contributed by atoms with Gasteiger partial charge in [0.05, 0.1) is 12.7 Å². The van der Waals surface area contributed by atoms with Crippen molar-refractivity contribution >= 4 is 9.84 Å². The maximum absolute atomic E-state index is 11.3. The SMILES string of the molecule is CCCC(Cn1cc(S(C)(=O)=O)cn1)NC. The standard InChI is InChI=1S/C10H19N3O2S/c1-4-5-9(11-2)7-13-8-10(6-12-13)16(3,14)15/h6,8-9,11H,4-5,7H2,1-3H3. The Balaban J connectivity index is 2.71. The first-order chi connectivity index (χ1) is 7.47. The van der Waals surface area contributed by atoms with E-state index in [0.717, 1.165) is 12.8 Å². The van der Waals surface area contributed by atoms with Crippen LogP contribution in [-0.2, 0) is 16.4 Å². The van der Waals surface area contributed by atoms with E-state index in [1.165, 1.54) is 12.5 Å². The number of nitrogens with one attached hydrogen (secondary N) is 1. The van der Waals surface area contributed by atoms with Crippen LogP contribution < -0.4 is 5.32 Å². The number of hydrogen-bond donors (Lipinski definition) is 1. The van der Waals surface area contributed by atoms with Crippen molar-refractivity contribution in [2.45, 2.75) is 37.2 Å². The fourth-order valence-corrected chi connectivity index (χ4v) is 2.09. The zero-order chi connectivity index (χ0) is 12.2. The summed E-state index contributed by atoms with van der Waals surface area (Å²) in [6.45, 7) is 2.81. The van der Waals surface area contributed by atoms with E-state index in [1.54, 1.807) is 10.9 Å². The Bertz CT molecular complexity index is 425. The lowest BCUT2D eigenvalue weighted by atomic mass is 10.2. The van der Waals surface area contributed by atoms with Crippen molar-refractivity contribution in [1.82, 2.24) is 15.1 Å². The molecule has 6 heteroatoms. The van der Waals surface area contributed by atoms with Gasteiger partial charge in [0, 0.05) is 18.5 Å². The summed E-state index contributed by atoms with van der Waals surface area (Å²) in [4.78, 5) is 0.277. The monoisotopic (exact) mass is 245 g/mol. The predicted molar refractivity (Wildman–Crippen MR) is 63.1 cm³/mol. The molecule has 0 saturated carbocycles. The van der Waals surface area contributed by atoms with E-state index < -0.39 is 9.84 Å². The van der Waals surface area contributed by atoms with Gasteiger partial charge in [0.2, 0.25) is 0 Å². The van der Waals surface area contributed by atoms with Gasteiger partial charge in [0.25, 0.3) is 0 Å². The second-order valence-electron chi connectivity index (χ2n) is 3.94. The first-order valence-electron chi connectivity index (χ1n) is 5.37. The zero-order valence-electron chi connectivity index (χ0n) is 9.97. The van der Waals surface area contributed by atoms with E-state index in [2.05, 4.69) is 17.3 Å². The van der Waals surface area contributed by atoms with Gasteiger partial charge < -0.3 is 5.32 Å². The van der Waals surface area contributed by atoms with Crippen LogP contribution >= 0.6 is 0 Å². The highest BCUT2D eigenvalue weighted by Crippen LogP contribution is 2.07. The smallest absolute Gasteiger partial charge is 0.178 e. The fourth-order valence-electron chi connectivity index (χ4n) is 1.54. The van der Waals surface area contributed by atoms with Gasteiger partial charge in [-0.25, -0.2) is 8.42 Å². The fraction of sp³-hybridized carbons (Fsp3) is 0.700. The molecule has 0 fully saturated rings. The summed E-state index contributed by atoms with van der Waals surface area (Å²) in [6, 6.07) is 0.331. The lowest BCUT2D eigenvalue weighted by molar-refractivity contribution is 0.426. The summed E-state index contributed by atoms with van der Waals surface area (Å²) in [7, 11) is -1.24. The van der Waals surface area contributed by atoms with Crippen LogP contribution in [0.1, 0.15) is 19.8 Å². The Labute approximate surface area is 96.8 Å². The molecule has 1 N–H and O–H groups in total. The van der Waals surface area contributed by atoms with Crippen molar-refractivity contribution in [1.29, 1.82) is 0 Å². The number of likely N-dealkylation sites (N-methyl/N-ethyl adjacent to an activating group) is 1. The van der Waals surface area contributed by atoms with Crippen molar-refractivity contribution in [2.75, 3.05) is 13.3 Å². The van der Waals surface area contributed by atoms with Crippen LogP contribution in [-0.4, -0.2) is 37.5 Å². The molecule has 0 amide bonds. The quantitative estimate of drug-likeness (QED) is 0.800. The Kier molecular flexibility index (Phi) is 4.49. The molecule has 0 spiro atoms. The van der Waals surface area contributed by atoms with Crippen molar-refractivity contribution < 1.29 is 8.42 Å². The molecule has 0 bridgehead atoms. The maximum Gasteiger partial charge on any atom is 0.178 e. The van der Waals surface area contributed by atoms with Gasteiger partial charge in [-0.3, -0.25) is 4.68 Å². The molecule has 0 radical (unpaired) electrons. The van der Waals surface area contributed by atoms with Gasteiger partial charge in [0.15, 0.2) is 9.84 Å². The van der Waals surface area contributed by atoms with E-state index in [-0.39, 0.29) is 4.90 Å². The van der Waals surface area contributed by atoms with Crippen LogP contribution in [0.15, 0.2) is 17.3 Å². The van der Waals surface area contributed by atoms with Crippen LogP contribution in [0.5, 0.6) is 0 Å². The molecule has 1 rings (SSSR count). The maximum atomic E-state index is 11.3. The summed E-state index contributed by atoms with van der Waals surface area (Å²) >= 11 is 0. The second-order valence-corrected chi connectivity index (χ2v) is 5.96. The lowest BCUT2D eigenvalue weighted by Gasteiger charge is -2.14. The minimum Gasteiger partial charge on any atom is -0.315 e. The summed E-state index contributed by atoms with van der Waals surface area (Å²) in [5.74, 6) is 0. The Hall–Kier alpha value is -0.880. The number of rotatable bonds is 6. The third-order valence-electron chi connectivity index (χ3n) is 2.49. The number of hydrogen-bond acceptors (Lipinski definition) is 4. The molecule has 0 aliphatic heterocycles. The van der Waals surface area contributed by atoms with E-state index in [0.29, 0.717) is 12.6 Å². The average Bonchev–Trinajstić information content (AvgIpc) is 2.65. The van der Waals surface area contributed by atoms with Crippen molar-refractivity contribution in [3.8, 4) is 0 Å². The third-order valence-corrected chi connectivity index (χ3v) is 3.56. The number of nitrogens with zero attached hydrogens (tertiary/aromatic N) is 2. The van der Waals surface area contributed by atoms with Crippen molar-refractivity contribution in [2.24, 2.45) is 0 Å². The molecule has 1 aromatic rings. The molecule has 0 aliphatic carbocycles. The highest BCUT2D eigenvalue weighted by atomic mass is 32.2. The van der Waals surface area contributed by atoms with Crippen LogP contribution in [0.3, 0.4) is 0 Å². The summed E-state index contributed by atoms with van der Waals surface area (Å²) in [5.41, 5.74) is 0. The molecule has 1 unspecified atom stereocenters. The molecule has 5 nitrogen and oxygen atoms in total. The van der Waals surface area contributed by atoms with E-state index >= 15 is 0 Å².